The molecule has 3 fully saturated rings. The Morgan fingerprint density at radius 3 is 2.44 bits per heavy atom. The zero-order valence-electron chi connectivity index (χ0n) is 26.0. The van der Waals surface area contributed by atoms with Crippen molar-refractivity contribution in [3.8, 4) is 6.07 Å². The van der Waals surface area contributed by atoms with Gasteiger partial charge in [0.15, 0.2) is 5.78 Å². The topological polar surface area (TPSA) is 99.1 Å². The van der Waals surface area contributed by atoms with Crippen molar-refractivity contribution in [3.05, 3.63) is 35.5 Å². The first-order chi connectivity index (χ1) is 19.2. The Labute approximate surface area is 246 Å². The van der Waals surface area contributed by atoms with Gasteiger partial charge in [0.05, 0.1) is 17.5 Å². The number of hydrogen-bond donors (Lipinski definition) is 2. The van der Waals surface area contributed by atoms with Crippen LogP contribution in [0.1, 0.15) is 92.9 Å². The van der Waals surface area contributed by atoms with Crippen LogP contribution in [0.3, 0.4) is 0 Å². The third-order valence-electron chi connectivity index (χ3n) is 12.3. The number of ketones is 1. The molecule has 6 nitrogen and oxygen atoms in total. The van der Waals surface area contributed by atoms with Gasteiger partial charge in [0.2, 0.25) is 11.8 Å². The lowest BCUT2D eigenvalue weighted by atomic mass is 9.39. The Morgan fingerprint density at radius 1 is 1.05 bits per heavy atom. The van der Waals surface area contributed by atoms with Crippen molar-refractivity contribution >= 4 is 17.6 Å². The first-order valence-electron chi connectivity index (χ1n) is 15.9. The molecule has 8 atom stereocenters. The van der Waals surface area contributed by atoms with E-state index in [-0.39, 0.29) is 64.1 Å². The van der Waals surface area contributed by atoms with Crippen LogP contribution in [0, 0.1) is 62.6 Å². The van der Waals surface area contributed by atoms with Gasteiger partial charge < -0.3 is 10.6 Å². The number of carbonyl (C=O) groups is 3. The quantitative estimate of drug-likeness (QED) is 0.428. The third kappa shape index (κ3) is 4.54. The van der Waals surface area contributed by atoms with Gasteiger partial charge in [-0.05, 0) is 85.9 Å². The standard InChI is InChI=1S/C35H49N3O3/c1-8-15-37-28(39)20-38-31(41)35-12-10-25-29(26(35)18-32(4,5)13-14-35)21(2)16-27-33(25,6)11-9-24-22(3)30(40)23(19-36)17-34(24,27)7/h16-17,22,24-26,29H,2,8-15,18,20H2,1,3-7H3,(H,37,39)(H,38,41). The molecule has 3 saturated carbocycles. The monoisotopic (exact) mass is 559 g/mol. The van der Waals surface area contributed by atoms with Crippen molar-refractivity contribution in [2.45, 2.75) is 92.9 Å². The minimum Gasteiger partial charge on any atom is -0.355 e. The van der Waals surface area contributed by atoms with Crippen LogP contribution in [0.5, 0.6) is 0 Å². The van der Waals surface area contributed by atoms with Gasteiger partial charge in [0.25, 0.3) is 0 Å². The molecule has 0 saturated heterocycles. The highest BCUT2D eigenvalue weighted by Crippen LogP contribution is 2.70. The number of Topliss-reactive ketones (excluding diaryl/α,β-unsaturated/α-hetero) is 1. The summed E-state index contributed by atoms with van der Waals surface area (Å²) in [4.78, 5) is 39.4. The summed E-state index contributed by atoms with van der Waals surface area (Å²) in [5.74, 6) is 0.597. The lowest BCUT2D eigenvalue weighted by Gasteiger charge is -2.65. The SMILES string of the molecule is C=C1C=C2C3(C)C=C(C#N)C(=O)C(C)C3CCC2(C)C2CCC3(C(=O)NCC(=O)NCCC)CCC(C)(C)CC3C12. The van der Waals surface area contributed by atoms with E-state index in [9.17, 15) is 19.6 Å². The Kier molecular flexibility index (Phi) is 7.45. The van der Waals surface area contributed by atoms with Gasteiger partial charge in [-0.25, -0.2) is 0 Å². The van der Waals surface area contributed by atoms with Crippen molar-refractivity contribution in [3.63, 3.8) is 0 Å². The molecule has 0 aromatic carbocycles. The minimum absolute atomic E-state index is 0.0204. The fourth-order valence-electron chi connectivity index (χ4n) is 10.1. The highest BCUT2D eigenvalue weighted by atomic mass is 16.2. The summed E-state index contributed by atoms with van der Waals surface area (Å²) < 4.78 is 0. The normalized spacial score (nSPS) is 40.9. The number of nitrogens with zero attached hydrogens (tertiary/aromatic N) is 1. The molecule has 222 valence electrons. The van der Waals surface area contributed by atoms with Crippen LogP contribution in [0.25, 0.3) is 0 Å². The molecule has 0 spiro atoms. The summed E-state index contributed by atoms with van der Waals surface area (Å²) in [5.41, 5.74) is 1.92. The highest BCUT2D eigenvalue weighted by molar-refractivity contribution is 6.02. The molecule has 8 unspecified atom stereocenters. The minimum atomic E-state index is -0.493. The number of nitrogens with one attached hydrogen (secondary N) is 2. The van der Waals surface area contributed by atoms with Crippen LogP contribution in [0.4, 0.5) is 0 Å². The van der Waals surface area contributed by atoms with E-state index in [1.165, 1.54) is 5.57 Å². The smallest absolute Gasteiger partial charge is 0.239 e. The summed E-state index contributed by atoms with van der Waals surface area (Å²) in [6.45, 7) is 18.6. The zero-order valence-corrected chi connectivity index (χ0v) is 26.0. The van der Waals surface area contributed by atoms with Crippen molar-refractivity contribution in [2.75, 3.05) is 13.1 Å². The van der Waals surface area contributed by atoms with E-state index in [1.54, 1.807) is 0 Å². The van der Waals surface area contributed by atoms with E-state index in [4.69, 9.17) is 0 Å². The predicted molar refractivity (Wildman–Crippen MR) is 160 cm³/mol. The summed E-state index contributed by atoms with van der Waals surface area (Å²) in [6.07, 6.45) is 11.7. The molecule has 0 aliphatic heterocycles. The van der Waals surface area contributed by atoms with Crippen molar-refractivity contribution < 1.29 is 14.4 Å². The van der Waals surface area contributed by atoms with Crippen molar-refractivity contribution in [1.29, 1.82) is 5.26 Å². The lowest BCUT2D eigenvalue weighted by Crippen LogP contribution is -2.61. The van der Waals surface area contributed by atoms with Gasteiger partial charge in [0.1, 0.15) is 6.07 Å². The summed E-state index contributed by atoms with van der Waals surface area (Å²) in [7, 11) is 0. The van der Waals surface area contributed by atoms with Crippen molar-refractivity contribution in [1.82, 2.24) is 10.6 Å². The lowest BCUT2D eigenvalue weighted by molar-refractivity contribution is -0.153. The first kappa shape index (κ1) is 29.8. The van der Waals surface area contributed by atoms with Gasteiger partial charge in [-0.15, -0.1) is 0 Å². The van der Waals surface area contributed by atoms with Crippen LogP contribution in [-0.4, -0.2) is 30.7 Å². The Hall–Kier alpha value is -2.68. The molecule has 5 rings (SSSR count). The largest absolute Gasteiger partial charge is 0.355 e. The van der Waals surface area contributed by atoms with E-state index in [0.29, 0.717) is 18.0 Å². The number of amides is 2. The van der Waals surface area contributed by atoms with Crippen LogP contribution >= 0.6 is 0 Å². The number of fused-ring (bicyclic) bond motifs is 7. The second kappa shape index (κ2) is 10.2. The molecule has 5 aliphatic rings. The van der Waals surface area contributed by atoms with Gasteiger partial charge in [-0.2, -0.15) is 5.26 Å². The highest BCUT2D eigenvalue weighted by Gasteiger charge is 2.64. The fourth-order valence-corrected chi connectivity index (χ4v) is 10.1. The molecule has 0 heterocycles. The maximum atomic E-state index is 14.1. The van der Waals surface area contributed by atoms with Crippen LogP contribution in [-0.2, 0) is 14.4 Å². The number of rotatable bonds is 5. The summed E-state index contributed by atoms with van der Waals surface area (Å²) in [5, 5.41) is 15.8. The first-order valence-corrected chi connectivity index (χ1v) is 15.9. The molecule has 0 aromatic rings. The van der Waals surface area contributed by atoms with Crippen LogP contribution < -0.4 is 10.6 Å². The molecular formula is C35H49N3O3. The average Bonchev–Trinajstić information content (AvgIpc) is 2.93. The third-order valence-corrected chi connectivity index (χ3v) is 12.3. The molecular weight excluding hydrogens is 510 g/mol. The van der Waals surface area contributed by atoms with Crippen LogP contribution in [0.2, 0.25) is 0 Å². The maximum Gasteiger partial charge on any atom is 0.239 e. The Balaban J connectivity index is 1.53. The van der Waals surface area contributed by atoms with Gasteiger partial charge >= 0.3 is 0 Å². The molecule has 0 radical (unpaired) electrons. The molecule has 5 aliphatic carbocycles. The average molecular weight is 560 g/mol. The number of allylic oxidation sites excluding steroid dienone is 5. The summed E-state index contributed by atoms with van der Waals surface area (Å²) in [6, 6.07) is 2.20. The van der Waals surface area contributed by atoms with E-state index in [1.807, 2.05) is 19.9 Å². The second-order valence-corrected chi connectivity index (χ2v) is 15.1. The summed E-state index contributed by atoms with van der Waals surface area (Å²) >= 11 is 0. The number of nitriles is 1. The molecule has 2 amide bonds. The van der Waals surface area contributed by atoms with Crippen molar-refractivity contribution in [2.24, 2.45) is 51.2 Å². The number of carbonyl (C=O) groups excluding carboxylic acids is 3. The predicted octanol–water partition coefficient (Wildman–Crippen LogP) is 6.06. The number of hydrogen-bond acceptors (Lipinski definition) is 4. The van der Waals surface area contributed by atoms with Gasteiger partial charge in [-0.1, -0.05) is 71.4 Å². The second-order valence-electron chi connectivity index (χ2n) is 15.1. The Bertz CT molecular complexity index is 1270. The molecule has 0 aromatic heterocycles. The van der Waals surface area contributed by atoms with Gasteiger partial charge in [0, 0.05) is 17.9 Å². The molecule has 41 heavy (non-hydrogen) atoms. The zero-order chi connectivity index (χ0) is 30.0. The van der Waals surface area contributed by atoms with E-state index >= 15 is 0 Å². The van der Waals surface area contributed by atoms with E-state index < -0.39 is 5.41 Å². The molecule has 0 bridgehead atoms. The molecule has 6 heteroatoms. The van der Waals surface area contributed by atoms with E-state index in [0.717, 1.165) is 56.9 Å². The Morgan fingerprint density at radius 2 is 1.76 bits per heavy atom. The van der Waals surface area contributed by atoms with Gasteiger partial charge in [-0.3, -0.25) is 14.4 Å². The van der Waals surface area contributed by atoms with Crippen LogP contribution in [0.15, 0.2) is 35.5 Å². The fraction of sp³-hybridized carbons (Fsp3) is 0.714. The maximum absolute atomic E-state index is 14.1. The molecule has 2 N–H and O–H groups in total. The van der Waals surface area contributed by atoms with E-state index in [2.05, 4.69) is 57.1 Å².